The highest BCUT2D eigenvalue weighted by Gasteiger charge is 2.40. The summed E-state index contributed by atoms with van der Waals surface area (Å²) in [5, 5.41) is 14.0. The van der Waals surface area contributed by atoms with E-state index in [2.05, 4.69) is 5.32 Å². The van der Waals surface area contributed by atoms with E-state index < -0.39 is 12.1 Å². The smallest absolute Gasteiger partial charge is 0.251 e. The number of rotatable bonds is 4. The molecule has 0 saturated heterocycles. The number of aliphatic hydroxyl groups is 1. The monoisotopic (exact) mass is 361 g/mol. The summed E-state index contributed by atoms with van der Waals surface area (Å²) in [6, 6.07) is 22.6. The van der Waals surface area contributed by atoms with Crippen LogP contribution in [0.5, 0.6) is 0 Å². The molecule has 0 saturated carbocycles. The van der Waals surface area contributed by atoms with Gasteiger partial charge in [0.15, 0.2) is 0 Å². The minimum Gasteiger partial charge on any atom is -0.390 e. The average Bonchev–Trinajstić information content (AvgIpc) is 2.96. The zero-order valence-electron chi connectivity index (χ0n) is 14.7. The first kappa shape index (κ1) is 17.4. The highest BCUT2D eigenvalue weighted by atomic mass is 19.1. The fourth-order valence-electron chi connectivity index (χ4n) is 3.81. The number of hydrogen-bond acceptors (Lipinski definition) is 2. The minimum absolute atomic E-state index is 0.160. The van der Waals surface area contributed by atoms with E-state index in [0.29, 0.717) is 12.0 Å². The molecule has 136 valence electrons. The zero-order chi connectivity index (χ0) is 18.8. The van der Waals surface area contributed by atoms with Crippen LogP contribution in [0.25, 0.3) is 0 Å². The van der Waals surface area contributed by atoms with Gasteiger partial charge in [0.25, 0.3) is 5.91 Å². The van der Waals surface area contributed by atoms with Crippen molar-refractivity contribution in [2.45, 2.75) is 24.5 Å². The molecule has 1 unspecified atom stereocenters. The maximum Gasteiger partial charge on any atom is 0.251 e. The Morgan fingerprint density at radius 3 is 2.22 bits per heavy atom. The predicted octanol–water partition coefficient (Wildman–Crippen LogP) is 4.00. The van der Waals surface area contributed by atoms with Crippen molar-refractivity contribution in [1.82, 2.24) is 5.32 Å². The molecule has 0 aromatic heterocycles. The summed E-state index contributed by atoms with van der Waals surface area (Å²) < 4.78 is 13.2. The van der Waals surface area contributed by atoms with Crippen molar-refractivity contribution in [3.8, 4) is 0 Å². The number of benzene rings is 3. The van der Waals surface area contributed by atoms with Gasteiger partial charge in [-0.15, -0.1) is 0 Å². The molecule has 1 amide bonds. The molecular weight excluding hydrogens is 341 g/mol. The first-order chi connectivity index (χ1) is 13.1. The van der Waals surface area contributed by atoms with Crippen LogP contribution >= 0.6 is 0 Å². The standard InChI is InChI=1S/C23H20FNO2/c24-17-12-10-15(11-13-17)14-20-18-8-4-5-9-19(18)21(22(20)26)25-23(27)16-6-2-1-3-7-16/h1-13,20-22,26H,14H2,(H,25,27)/t20-,21-,22?/m0/s1. The van der Waals surface area contributed by atoms with E-state index in [-0.39, 0.29) is 17.6 Å². The topological polar surface area (TPSA) is 49.3 Å². The molecular formula is C23H20FNO2. The minimum atomic E-state index is -0.750. The van der Waals surface area contributed by atoms with Crippen molar-refractivity contribution in [2.24, 2.45) is 0 Å². The summed E-state index contributed by atoms with van der Waals surface area (Å²) in [4.78, 5) is 12.6. The highest BCUT2D eigenvalue weighted by molar-refractivity contribution is 5.94. The summed E-state index contributed by atoms with van der Waals surface area (Å²) in [7, 11) is 0. The third-order valence-electron chi connectivity index (χ3n) is 5.18. The Morgan fingerprint density at radius 2 is 1.52 bits per heavy atom. The van der Waals surface area contributed by atoms with Crippen LogP contribution < -0.4 is 5.32 Å². The van der Waals surface area contributed by atoms with Crippen LogP contribution in [0.1, 0.15) is 39.0 Å². The lowest BCUT2D eigenvalue weighted by Crippen LogP contribution is -2.35. The van der Waals surface area contributed by atoms with Crippen molar-refractivity contribution >= 4 is 5.91 Å². The van der Waals surface area contributed by atoms with Gasteiger partial charge in [-0.25, -0.2) is 4.39 Å². The highest BCUT2D eigenvalue weighted by Crippen LogP contribution is 2.42. The second-order valence-corrected chi connectivity index (χ2v) is 6.87. The Morgan fingerprint density at radius 1 is 0.889 bits per heavy atom. The molecule has 0 fully saturated rings. The summed E-state index contributed by atoms with van der Waals surface area (Å²) in [5.41, 5.74) is 3.46. The molecule has 0 bridgehead atoms. The van der Waals surface area contributed by atoms with E-state index in [1.54, 1.807) is 24.3 Å². The number of carbonyl (C=O) groups is 1. The summed E-state index contributed by atoms with van der Waals surface area (Å²) in [6.07, 6.45) is -0.170. The molecule has 2 N–H and O–H groups in total. The van der Waals surface area contributed by atoms with Gasteiger partial charge in [0.05, 0.1) is 12.1 Å². The first-order valence-corrected chi connectivity index (χ1v) is 9.01. The fraction of sp³-hybridized carbons (Fsp3) is 0.174. The van der Waals surface area contributed by atoms with Gasteiger partial charge in [-0.1, -0.05) is 54.6 Å². The molecule has 0 radical (unpaired) electrons. The lowest BCUT2D eigenvalue weighted by atomic mass is 9.92. The lowest BCUT2D eigenvalue weighted by molar-refractivity contribution is 0.0813. The van der Waals surface area contributed by atoms with Crippen LogP contribution in [0.2, 0.25) is 0 Å². The third-order valence-corrected chi connectivity index (χ3v) is 5.18. The molecule has 0 heterocycles. The molecule has 4 rings (SSSR count). The molecule has 27 heavy (non-hydrogen) atoms. The molecule has 3 aromatic carbocycles. The van der Waals surface area contributed by atoms with Crippen LogP contribution in [0.15, 0.2) is 78.9 Å². The molecule has 3 atom stereocenters. The Bertz CT molecular complexity index is 940. The van der Waals surface area contributed by atoms with Crippen molar-refractivity contribution in [3.63, 3.8) is 0 Å². The van der Waals surface area contributed by atoms with Gasteiger partial charge in [-0.05, 0) is 47.4 Å². The summed E-state index contributed by atoms with van der Waals surface area (Å²) >= 11 is 0. The lowest BCUT2D eigenvalue weighted by Gasteiger charge is -2.22. The van der Waals surface area contributed by atoms with Crippen LogP contribution in [0, 0.1) is 5.82 Å². The van der Waals surface area contributed by atoms with Crippen LogP contribution in [-0.4, -0.2) is 17.1 Å². The molecule has 0 aliphatic heterocycles. The third kappa shape index (κ3) is 3.49. The maximum absolute atomic E-state index is 13.2. The van der Waals surface area contributed by atoms with Gasteiger partial charge in [-0.2, -0.15) is 0 Å². The first-order valence-electron chi connectivity index (χ1n) is 9.01. The van der Waals surface area contributed by atoms with E-state index in [1.807, 2.05) is 42.5 Å². The Hall–Kier alpha value is -2.98. The maximum atomic E-state index is 13.2. The number of fused-ring (bicyclic) bond motifs is 1. The van der Waals surface area contributed by atoms with E-state index in [0.717, 1.165) is 16.7 Å². The summed E-state index contributed by atoms with van der Waals surface area (Å²) in [5.74, 6) is -0.649. The number of halogens is 1. The van der Waals surface area contributed by atoms with Crippen molar-refractivity contribution in [3.05, 3.63) is 107 Å². The van der Waals surface area contributed by atoms with Gasteiger partial charge in [0.2, 0.25) is 0 Å². The predicted molar refractivity (Wildman–Crippen MR) is 102 cm³/mol. The SMILES string of the molecule is O=C(N[C@H]1c2ccccc2[C@H](Cc2ccc(F)cc2)C1O)c1ccccc1. The number of nitrogens with one attached hydrogen (secondary N) is 1. The van der Waals surface area contributed by atoms with E-state index in [4.69, 9.17) is 0 Å². The number of carbonyl (C=O) groups excluding carboxylic acids is 1. The normalized spacial score (nSPS) is 20.9. The number of hydrogen-bond donors (Lipinski definition) is 2. The fourth-order valence-corrected chi connectivity index (χ4v) is 3.81. The number of aliphatic hydroxyl groups excluding tert-OH is 1. The quantitative estimate of drug-likeness (QED) is 0.738. The summed E-state index contributed by atoms with van der Waals surface area (Å²) in [6.45, 7) is 0. The van der Waals surface area contributed by atoms with Crippen LogP contribution in [-0.2, 0) is 6.42 Å². The molecule has 1 aliphatic rings. The van der Waals surface area contributed by atoms with E-state index in [9.17, 15) is 14.3 Å². The molecule has 1 aliphatic carbocycles. The van der Waals surface area contributed by atoms with Crippen molar-refractivity contribution < 1.29 is 14.3 Å². The molecule has 4 heteroatoms. The van der Waals surface area contributed by atoms with Crippen LogP contribution in [0.4, 0.5) is 4.39 Å². The molecule has 3 aromatic rings. The van der Waals surface area contributed by atoms with E-state index >= 15 is 0 Å². The molecule has 3 nitrogen and oxygen atoms in total. The Kier molecular flexibility index (Phi) is 4.73. The van der Waals surface area contributed by atoms with Gasteiger partial charge in [0.1, 0.15) is 5.82 Å². The zero-order valence-corrected chi connectivity index (χ0v) is 14.7. The van der Waals surface area contributed by atoms with Crippen LogP contribution in [0.3, 0.4) is 0 Å². The Labute approximate surface area is 157 Å². The molecule has 0 spiro atoms. The van der Waals surface area contributed by atoms with Crippen molar-refractivity contribution in [2.75, 3.05) is 0 Å². The number of amides is 1. The average molecular weight is 361 g/mol. The van der Waals surface area contributed by atoms with Gasteiger partial charge in [-0.3, -0.25) is 4.79 Å². The largest absolute Gasteiger partial charge is 0.390 e. The van der Waals surface area contributed by atoms with Gasteiger partial charge in [0, 0.05) is 11.5 Å². The second kappa shape index (κ2) is 7.33. The Balaban J connectivity index is 1.60. The second-order valence-electron chi connectivity index (χ2n) is 6.87. The van der Waals surface area contributed by atoms with Gasteiger partial charge < -0.3 is 10.4 Å². The van der Waals surface area contributed by atoms with Gasteiger partial charge >= 0.3 is 0 Å². The van der Waals surface area contributed by atoms with E-state index in [1.165, 1.54) is 12.1 Å². The van der Waals surface area contributed by atoms with Crippen molar-refractivity contribution in [1.29, 1.82) is 0 Å².